The maximum Gasteiger partial charge on any atom is 0.180 e. The Labute approximate surface area is 82.7 Å². The van der Waals surface area contributed by atoms with E-state index in [2.05, 4.69) is 0 Å². The third-order valence-electron chi connectivity index (χ3n) is 1.69. The van der Waals surface area contributed by atoms with E-state index in [9.17, 15) is 9.18 Å². The van der Waals surface area contributed by atoms with Gasteiger partial charge in [-0.3, -0.25) is 4.79 Å². The SMILES string of the molecule is CC(C)Oc1ccc(C(F)C=O)cc1. The molecule has 1 aromatic rings. The molecule has 0 radical (unpaired) electrons. The van der Waals surface area contributed by atoms with Crippen molar-refractivity contribution in [3.05, 3.63) is 29.8 Å². The molecule has 76 valence electrons. The summed E-state index contributed by atoms with van der Waals surface area (Å²) in [6.45, 7) is 3.83. The zero-order valence-electron chi connectivity index (χ0n) is 8.24. The first-order chi connectivity index (χ1) is 6.63. The van der Waals surface area contributed by atoms with Crippen molar-refractivity contribution in [1.82, 2.24) is 0 Å². The zero-order valence-corrected chi connectivity index (χ0v) is 8.24. The van der Waals surface area contributed by atoms with Crippen LogP contribution >= 0.6 is 0 Å². The third kappa shape index (κ3) is 2.83. The molecule has 0 fully saturated rings. The number of ether oxygens (including phenoxy) is 1. The van der Waals surface area contributed by atoms with E-state index in [4.69, 9.17) is 4.74 Å². The Balaban J connectivity index is 2.73. The minimum absolute atomic E-state index is 0.0908. The largest absolute Gasteiger partial charge is 0.491 e. The van der Waals surface area contributed by atoms with Crippen LogP contribution in [0.25, 0.3) is 0 Å². The molecule has 3 heteroatoms. The predicted octanol–water partition coefficient (Wildman–Crippen LogP) is 2.68. The number of halogens is 1. The fourth-order valence-electron chi connectivity index (χ4n) is 1.08. The highest BCUT2D eigenvalue weighted by Gasteiger charge is 2.07. The number of carbonyl (C=O) groups is 1. The fourth-order valence-corrected chi connectivity index (χ4v) is 1.08. The summed E-state index contributed by atoms with van der Waals surface area (Å²) < 4.78 is 18.2. The van der Waals surface area contributed by atoms with Gasteiger partial charge in [-0.1, -0.05) is 12.1 Å². The summed E-state index contributed by atoms with van der Waals surface area (Å²) in [5.74, 6) is 0.682. The van der Waals surface area contributed by atoms with E-state index in [0.29, 0.717) is 11.3 Å². The molecule has 1 atom stereocenters. The van der Waals surface area contributed by atoms with E-state index in [1.807, 2.05) is 13.8 Å². The van der Waals surface area contributed by atoms with Crippen LogP contribution in [0.2, 0.25) is 0 Å². The number of aldehydes is 1. The van der Waals surface area contributed by atoms with Crippen molar-refractivity contribution in [2.45, 2.75) is 26.1 Å². The van der Waals surface area contributed by atoms with Crippen molar-refractivity contribution in [3.63, 3.8) is 0 Å². The molecule has 0 saturated carbocycles. The molecule has 0 aromatic heterocycles. The van der Waals surface area contributed by atoms with Gasteiger partial charge in [0, 0.05) is 0 Å². The summed E-state index contributed by atoms with van der Waals surface area (Å²) in [6.07, 6.45) is -1.17. The number of benzene rings is 1. The molecule has 0 saturated heterocycles. The van der Waals surface area contributed by atoms with Gasteiger partial charge in [0.15, 0.2) is 12.5 Å². The normalized spacial score (nSPS) is 12.6. The lowest BCUT2D eigenvalue weighted by molar-refractivity contribution is -0.112. The summed E-state index contributed by atoms with van der Waals surface area (Å²) in [7, 11) is 0. The lowest BCUT2D eigenvalue weighted by Gasteiger charge is -2.09. The molecule has 0 N–H and O–H groups in total. The van der Waals surface area contributed by atoms with Crippen molar-refractivity contribution in [1.29, 1.82) is 0 Å². The average molecular weight is 196 g/mol. The van der Waals surface area contributed by atoms with Crippen molar-refractivity contribution < 1.29 is 13.9 Å². The second kappa shape index (κ2) is 4.74. The maximum absolute atomic E-state index is 12.8. The topological polar surface area (TPSA) is 26.3 Å². The molecule has 2 nitrogen and oxygen atoms in total. The minimum atomic E-state index is -1.54. The Hall–Kier alpha value is -1.38. The zero-order chi connectivity index (χ0) is 10.6. The molecule has 1 unspecified atom stereocenters. The number of hydrogen-bond acceptors (Lipinski definition) is 2. The molecule has 0 spiro atoms. The molecule has 1 aromatic carbocycles. The number of alkyl halides is 1. The minimum Gasteiger partial charge on any atom is -0.491 e. The maximum atomic E-state index is 12.8. The second-order valence-corrected chi connectivity index (χ2v) is 3.27. The van der Waals surface area contributed by atoms with Crippen LogP contribution in [0.15, 0.2) is 24.3 Å². The van der Waals surface area contributed by atoms with E-state index in [0.717, 1.165) is 0 Å². The van der Waals surface area contributed by atoms with E-state index in [-0.39, 0.29) is 12.4 Å². The Bertz CT molecular complexity index is 293. The smallest absolute Gasteiger partial charge is 0.180 e. The first kappa shape index (κ1) is 10.7. The summed E-state index contributed by atoms with van der Waals surface area (Å²) in [5, 5.41) is 0. The average Bonchev–Trinajstić information content (AvgIpc) is 2.17. The van der Waals surface area contributed by atoms with Crippen LogP contribution in [-0.4, -0.2) is 12.4 Å². The molecule has 0 aliphatic carbocycles. The molecule has 0 amide bonds. The first-order valence-corrected chi connectivity index (χ1v) is 4.49. The van der Waals surface area contributed by atoms with Crippen LogP contribution in [0.4, 0.5) is 4.39 Å². The van der Waals surface area contributed by atoms with Crippen LogP contribution < -0.4 is 4.74 Å². The van der Waals surface area contributed by atoms with Crippen LogP contribution in [0.1, 0.15) is 25.6 Å². The highest BCUT2D eigenvalue weighted by Crippen LogP contribution is 2.19. The highest BCUT2D eigenvalue weighted by molar-refractivity contribution is 5.59. The lowest BCUT2D eigenvalue weighted by atomic mass is 10.1. The molecular formula is C11H13FO2. The molecule has 1 rings (SSSR count). The van der Waals surface area contributed by atoms with Gasteiger partial charge in [0.25, 0.3) is 0 Å². The first-order valence-electron chi connectivity index (χ1n) is 4.49. The van der Waals surface area contributed by atoms with Crippen LogP contribution in [0, 0.1) is 0 Å². The molecule has 0 aliphatic rings. The number of carbonyl (C=O) groups excluding carboxylic acids is 1. The van der Waals surface area contributed by atoms with Gasteiger partial charge in [0.1, 0.15) is 5.75 Å². The number of rotatable bonds is 4. The Morgan fingerprint density at radius 2 is 1.86 bits per heavy atom. The standard InChI is InChI=1S/C11H13FO2/c1-8(2)14-10-5-3-9(4-6-10)11(12)7-13/h3-8,11H,1-2H3. The van der Waals surface area contributed by atoms with Gasteiger partial charge in [-0.2, -0.15) is 0 Å². The Morgan fingerprint density at radius 1 is 1.29 bits per heavy atom. The van der Waals surface area contributed by atoms with E-state index >= 15 is 0 Å². The molecular weight excluding hydrogens is 183 g/mol. The van der Waals surface area contributed by atoms with Gasteiger partial charge in [0.05, 0.1) is 6.10 Å². The van der Waals surface area contributed by atoms with Gasteiger partial charge < -0.3 is 4.74 Å². The van der Waals surface area contributed by atoms with Crippen LogP contribution in [-0.2, 0) is 4.79 Å². The van der Waals surface area contributed by atoms with E-state index < -0.39 is 6.17 Å². The van der Waals surface area contributed by atoms with Gasteiger partial charge in [-0.15, -0.1) is 0 Å². The fraction of sp³-hybridized carbons (Fsp3) is 0.364. The summed E-state index contributed by atoms with van der Waals surface area (Å²) in [5.41, 5.74) is 0.358. The molecule has 0 bridgehead atoms. The van der Waals surface area contributed by atoms with Crippen molar-refractivity contribution >= 4 is 6.29 Å². The van der Waals surface area contributed by atoms with Crippen molar-refractivity contribution in [3.8, 4) is 5.75 Å². The third-order valence-corrected chi connectivity index (χ3v) is 1.69. The summed E-state index contributed by atoms with van der Waals surface area (Å²) in [4.78, 5) is 10.2. The Morgan fingerprint density at radius 3 is 2.29 bits per heavy atom. The van der Waals surface area contributed by atoms with E-state index in [1.54, 1.807) is 24.3 Å². The van der Waals surface area contributed by atoms with Gasteiger partial charge in [0.2, 0.25) is 0 Å². The summed E-state index contributed by atoms with van der Waals surface area (Å²) in [6, 6.07) is 6.42. The number of hydrogen-bond donors (Lipinski definition) is 0. The Kier molecular flexibility index (Phi) is 3.63. The van der Waals surface area contributed by atoms with Crippen molar-refractivity contribution in [2.24, 2.45) is 0 Å². The summed E-state index contributed by atoms with van der Waals surface area (Å²) >= 11 is 0. The molecule has 0 heterocycles. The van der Waals surface area contributed by atoms with Crippen molar-refractivity contribution in [2.75, 3.05) is 0 Å². The van der Waals surface area contributed by atoms with Gasteiger partial charge in [-0.25, -0.2) is 4.39 Å². The van der Waals surface area contributed by atoms with Gasteiger partial charge >= 0.3 is 0 Å². The molecule has 14 heavy (non-hydrogen) atoms. The van der Waals surface area contributed by atoms with Crippen LogP contribution in [0.5, 0.6) is 5.75 Å². The van der Waals surface area contributed by atoms with Gasteiger partial charge in [-0.05, 0) is 31.5 Å². The quantitative estimate of drug-likeness (QED) is 0.692. The molecule has 0 aliphatic heterocycles. The second-order valence-electron chi connectivity index (χ2n) is 3.27. The van der Waals surface area contributed by atoms with Crippen LogP contribution in [0.3, 0.4) is 0 Å². The monoisotopic (exact) mass is 196 g/mol. The van der Waals surface area contributed by atoms with E-state index in [1.165, 1.54) is 0 Å². The predicted molar refractivity (Wildman–Crippen MR) is 52.1 cm³/mol. The lowest BCUT2D eigenvalue weighted by Crippen LogP contribution is -2.05. The highest BCUT2D eigenvalue weighted by atomic mass is 19.1.